The minimum atomic E-state index is 0.109. The van der Waals surface area contributed by atoms with Crippen molar-refractivity contribution in [2.24, 2.45) is 0 Å². The molecule has 3 rings (SSSR count). The van der Waals surface area contributed by atoms with Gasteiger partial charge in [0.1, 0.15) is 5.75 Å². The van der Waals surface area contributed by atoms with E-state index in [1.807, 2.05) is 23.1 Å². The van der Waals surface area contributed by atoms with Crippen LogP contribution in [0.2, 0.25) is 0 Å². The highest BCUT2D eigenvalue weighted by atomic mass is 16.5. The molecule has 0 bridgehead atoms. The maximum absolute atomic E-state index is 12.7. The van der Waals surface area contributed by atoms with Crippen molar-refractivity contribution in [2.45, 2.75) is 31.7 Å². The molecule has 1 aromatic carbocycles. The number of aliphatic hydroxyl groups is 1. The van der Waals surface area contributed by atoms with Gasteiger partial charge in [-0.15, -0.1) is 0 Å². The molecule has 1 aliphatic carbocycles. The number of ether oxygens (including phenoxy) is 1. The van der Waals surface area contributed by atoms with Gasteiger partial charge in [-0.25, -0.2) is 0 Å². The fourth-order valence-electron chi connectivity index (χ4n) is 3.18. The first kappa shape index (κ1) is 15.3. The summed E-state index contributed by atoms with van der Waals surface area (Å²) in [5, 5.41) is 9.17. The molecule has 5 nitrogen and oxygen atoms in total. The third-order valence-corrected chi connectivity index (χ3v) is 4.50. The highest BCUT2D eigenvalue weighted by Gasteiger charge is 2.32. The van der Waals surface area contributed by atoms with Crippen molar-refractivity contribution in [3.05, 3.63) is 23.8 Å². The van der Waals surface area contributed by atoms with Crippen molar-refractivity contribution < 1.29 is 14.6 Å². The van der Waals surface area contributed by atoms with Gasteiger partial charge >= 0.3 is 0 Å². The van der Waals surface area contributed by atoms with E-state index in [9.17, 15) is 9.90 Å². The molecule has 0 spiro atoms. The Morgan fingerprint density at radius 3 is 2.95 bits per heavy atom. The number of benzene rings is 1. The summed E-state index contributed by atoms with van der Waals surface area (Å²) in [6.07, 6.45) is 4.25. The number of fused-ring (bicyclic) bond motifs is 1. The Hall–Kier alpha value is -1.59. The van der Waals surface area contributed by atoms with E-state index in [2.05, 4.69) is 4.90 Å². The number of rotatable bonds is 6. The molecule has 0 radical (unpaired) electrons. The molecule has 1 aromatic rings. The van der Waals surface area contributed by atoms with Gasteiger partial charge in [0.15, 0.2) is 0 Å². The molecule has 1 heterocycles. The molecule has 1 amide bonds. The third-order valence-electron chi connectivity index (χ3n) is 4.50. The smallest absolute Gasteiger partial charge is 0.241 e. The van der Waals surface area contributed by atoms with Crippen molar-refractivity contribution in [3.63, 3.8) is 0 Å². The number of amides is 1. The molecule has 120 valence electrons. The molecule has 1 saturated carbocycles. The summed E-state index contributed by atoms with van der Waals surface area (Å²) in [6, 6.07) is 6.41. The maximum Gasteiger partial charge on any atom is 0.241 e. The number of methoxy groups -OCH3 is 1. The number of nitrogens with zero attached hydrogens (tertiary/aromatic N) is 2. The molecule has 5 heteroatoms. The number of anilines is 1. The maximum atomic E-state index is 12.7. The molecule has 1 N–H and O–H groups in total. The lowest BCUT2D eigenvalue weighted by Crippen LogP contribution is -2.44. The quantitative estimate of drug-likeness (QED) is 0.864. The number of carbonyl (C=O) groups is 1. The van der Waals surface area contributed by atoms with E-state index in [1.54, 1.807) is 7.11 Å². The Morgan fingerprint density at radius 1 is 1.45 bits per heavy atom. The lowest BCUT2D eigenvalue weighted by atomic mass is 10.0. The summed E-state index contributed by atoms with van der Waals surface area (Å²) in [6.45, 7) is 1.86. The van der Waals surface area contributed by atoms with E-state index in [0.717, 1.165) is 43.7 Å². The van der Waals surface area contributed by atoms with E-state index in [4.69, 9.17) is 4.74 Å². The third kappa shape index (κ3) is 3.25. The lowest BCUT2D eigenvalue weighted by molar-refractivity contribution is -0.120. The highest BCUT2D eigenvalue weighted by Crippen LogP contribution is 2.31. The Bertz CT molecular complexity index is 543. The molecular weight excluding hydrogens is 280 g/mol. The molecule has 2 aliphatic rings. The van der Waals surface area contributed by atoms with E-state index < -0.39 is 0 Å². The largest absolute Gasteiger partial charge is 0.497 e. The van der Waals surface area contributed by atoms with Crippen molar-refractivity contribution >= 4 is 11.6 Å². The van der Waals surface area contributed by atoms with E-state index in [1.165, 1.54) is 5.56 Å². The fraction of sp³-hybridized carbons (Fsp3) is 0.588. The molecule has 1 aliphatic heterocycles. The first-order valence-electron chi connectivity index (χ1n) is 8.05. The van der Waals surface area contributed by atoms with Crippen LogP contribution in [0, 0.1) is 0 Å². The summed E-state index contributed by atoms with van der Waals surface area (Å²) in [5.74, 6) is 0.972. The van der Waals surface area contributed by atoms with Gasteiger partial charge in [-0.1, -0.05) is 0 Å². The van der Waals surface area contributed by atoms with Gasteiger partial charge in [-0.2, -0.15) is 0 Å². The number of hydrogen-bond acceptors (Lipinski definition) is 4. The summed E-state index contributed by atoms with van der Waals surface area (Å²) >= 11 is 0. The molecule has 0 aromatic heterocycles. The summed E-state index contributed by atoms with van der Waals surface area (Å²) in [5.41, 5.74) is 2.19. The number of aryl methyl sites for hydroxylation is 1. The SMILES string of the molecule is COc1ccc2c(c1)CCCN2C(=O)CN(CCO)C1CC1. The Balaban J connectivity index is 1.73. The van der Waals surface area contributed by atoms with E-state index in [0.29, 0.717) is 19.1 Å². The van der Waals surface area contributed by atoms with Crippen LogP contribution in [-0.4, -0.2) is 55.3 Å². The van der Waals surface area contributed by atoms with Crippen LogP contribution in [0.25, 0.3) is 0 Å². The second-order valence-electron chi connectivity index (χ2n) is 6.07. The standard InChI is InChI=1S/C17H24N2O3/c1-22-15-6-7-16-13(11-15)3-2-8-19(16)17(21)12-18(9-10-20)14-4-5-14/h6-7,11,14,20H,2-5,8-10,12H2,1H3. The number of hydrogen-bond donors (Lipinski definition) is 1. The predicted octanol–water partition coefficient (Wildman–Crippen LogP) is 1.43. The van der Waals surface area contributed by atoms with Crippen molar-refractivity contribution in [1.82, 2.24) is 4.90 Å². The van der Waals surface area contributed by atoms with Crippen LogP contribution in [0.5, 0.6) is 5.75 Å². The van der Waals surface area contributed by atoms with Crippen molar-refractivity contribution in [1.29, 1.82) is 0 Å². The molecular formula is C17H24N2O3. The molecule has 0 saturated heterocycles. The second kappa shape index (κ2) is 6.67. The Labute approximate surface area is 131 Å². The summed E-state index contributed by atoms with van der Waals surface area (Å²) in [4.78, 5) is 16.7. The van der Waals surface area contributed by atoms with Crippen LogP contribution in [0.3, 0.4) is 0 Å². The average Bonchev–Trinajstić information content (AvgIpc) is 3.38. The van der Waals surface area contributed by atoms with E-state index >= 15 is 0 Å². The van der Waals surface area contributed by atoms with Gasteiger partial charge in [0.25, 0.3) is 0 Å². The Morgan fingerprint density at radius 2 is 2.27 bits per heavy atom. The van der Waals surface area contributed by atoms with Crippen molar-refractivity contribution in [2.75, 3.05) is 38.3 Å². The predicted molar refractivity (Wildman–Crippen MR) is 85.3 cm³/mol. The zero-order valence-corrected chi connectivity index (χ0v) is 13.1. The number of aliphatic hydroxyl groups excluding tert-OH is 1. The zero-order valence-electron chi connectivity index (χ0n) is 13.1. The van der Waals surface area contributed by atoms with Gasteiger partial charge in [0.2, 0.25) is 5.91 Å². The minimum Gasteiger partial charge on any atom is -0.497 e. The van der Waals surface area contributed by atoms with E-state index in [-0.39, 0.29) is 12.5 Å². The first-order valence-corrected chi connectivity index (χ1v) is 8.05. The van der Waals surface area contributed by atoms with Gasteiger partial charge in [-0.05, 0) is 49.4 Å². The molecule has 22 heavy (non-hydrogen) atoms. The zero-order chi connectivity index (χ0) is 15.5. The molecule has 0 atom stereocenters. The van der Waals surface area contributed by atoms with Gasteiger partial charge in [0, 0.05) is 24.8 Å². The van der Waals surface area contributed by atoms with Crippen LogP contribution in [0.4, 0.5) is 5.69 Å². The summed E-state index contributed by atoms with van der Waals surface area (Å²) < 4.78 is 5.27. The molecule has 0 unspecified atom stereocenters. The second-order valence-corrected chi connectivity index (χ2v) is 6.07. The van der Waals surface area contributed by atoms with Crippen LogP contribution >= 0.6 is 0 Å². The van der Waals surface area contributed by atoms with Gasteiger partial charge < -0.3 is 14.7 Å². The fourth-order valence-corrected chi connectivity index (χ4v) is 3.18. The minimum absolute atomic E-state index is 0.109. The Kier molecular flexibility index (Phi) is 4.64. The van der Waals surface area contributed by atoms with Crippen LogP contribution in [0.15, 0.2) is 18.2 Å². The monoisotopic (exact) mass is 304 g/mol. The number of carbonyl (C=O) groups excluding carboxylic acids is 1. The normalized spacial score (nSPS) is 17.5. The van der Waals surface area contributed by atoms with Crippen LogP contribution in [0.1, 0.15) is 24.8 Å². The molecule has 1 fully saturated rings. The van der Waals surface area contributed by atoms with Crippen LogP contribution < -0.4 is 9.64 Å². The van der Waals surface area contributed by atoms with Crippen molar-refractivity contribution in [3.8, 4) is 5.75 Å². The van der Waals surface area contributed by atoms with Crippen LogP contribution in [-0.2, 0) is 11.2 Å². The summed E-state index contributed by atoms with van der Waals surface area (Å²) in [7, 11) is 1.66. The average molecular weight is 304 g/mol. The highest BCUT2D eigenvalue weighted by molar-refractivity contribution is 5.96. The topological polar surface area (TPSA) is 53.0 Å². The lowest BCUT2D eigenvalue weighted by Gasteiger charge is -2.32. The van der Waals surface area contributed by atoms with Gasteiger partial charge in [-0.3, -0.25) is 9.69 Å². The first-order chi connectivity index (χ1) is 10.7. The van der Waals surface area contributed by atoms with Gasteiger partial charge in [0.05, 0.1) is 20.3 Å².